The van der Waals surface area contributed by atoms with Gasteiger partial charge in [0.2, 0.25) is 0 Å². The van der Waals surface area contributed by atoms with Gasteiger partial charge in [-0.05, 0) is 32.9 Å². The number of carbonyl (C=O) groups excluding carboxylic acids is 1. The van der Waals surface area contributed by atoms with E-state index in [1.165, 1.54) is 22.3 Å². The summed E-state index contributed by atoms with van der Waals surface area (Å²) in [6, 6.07) is 4.99. The Balaban J connectivity index is 2.00. The highest BCUT2D eigenvalue weighted by Crippen LogP contribution is 2.33. The number of carbonyl (C=O) groups is 1. The predicted molar refractivity (Wildman–Crippen MR) is 92.1 cm³/mol. The number of quaternary nitrogens is 1. The van der Waals surface area contributed by atoms with Gasteiger partial charge in [-0.15, -0.1) is 11.3 Å². The monoisotopic (exact) mass is 352 g/mol. The van der Waals surface area contributed by atoms with Gasteiger partial charge in [-0.1, -0.05) is 6.07 Å². The molecule has 6 heteroatoms. The molecule has 1 N–H and O–H groups in total. The maximum atomic E-state index is 14.4. The van der Waals surface area contributed by atoms with E-state index in [1.54, 1.807) is 13.0 Å². The summed E-state index contributed by atoms with van der Waals surface area (Å²) < 4.78 is 26.2. The Morgan fingerprint density at radius 2 is 2.08 bits per heavy atom. The molecular formula is C18H23FNO3S+. The van der Waals surface area contributed by atoms with E-state index in [9.17, 15) is 9.18 Å². The maximum Gasteiger partial charge on any atom is 0.348 e. The average Bonchev–Trinajstić information content (AvgIpc) is 2.86. The Morgan fingerprint density at radius 3 is 2.75 bits per heavy atom. The van der Waals surface area contributed by atoms with Gasteiger partial charge in [0.05, 0.1) is 6.61 Å². The van der Waals surface area contributed by atoms with Crippen LogP contribution in [0.15, 0.2) is 18.2 Å². The molecule has 3 atom stereocenters. The van der Waals surface area contributed by atoms with Crippen LogP contribution >= 0.6 is 11.3 Å². The third-order valence-electron chi connectivity index (χ3n) is 4.27. The van der Waals surface area contributed by atoms with Gasteiger partial charge in [0, 0.05) is 15.6 Å². The summed E-state index contributed by atoms with van der Waals surface area (Å²) in [4.78, 5) is 14.2. The minimum absolute atomic E-state index is 0.157. The number of esters is 1. The summed E-state index contributed by atoms with van der Waals surface area (Å²) in [5, 5.41) is 0.560. The van der Waals surface area contributed by atoms with Gasteiger partial charge >= 0.3 is 5.97 Å². The van der Waals surface area contributed by atoms with E-state index in [4.69, 9.17) is 9.47 Å². The number of ether oxygens (including phenoxy) is 2. The number of rotatable bonds is 4. The molecule has 3 rings (SSSR count). The van der Waals surface area contributed by atoms with Gasteiger partial charge in [-0.2, -0.15) is 0 Å². The predicted octanol–water partition coefficient (Wildman–Crippen LogP) is 2.41. The van der Waals surface area contributed by atoms with E-state index in [-0.39, 0.29) is 24.0 Å². The van der Waals surface area contributed by atoms with Crippen molar-refractivity contribution in [1.29, 1.82) is 0 Å². The number of nitrogens with one attached hydrogen (secondary N) is 1. The third-order valence-corrected chi connectivity index (χ3v) is 5.45. The zero-order chi connectivity index (χ0) is 17.3. The number of thiophene rings is 1. The first kappa shape index (κ1) is 17.3. The molecule has 1 saturated heterocycles. The zero-order valence-corrected chi connectivity index (χ0v) is 15.0. The van der Waals surface area contributed by atoms with E-state index in [0.29, 0.717) is 23.4 Å². The number of hydrogen-bond donors (Lipinski definition) is 1. The van der Waals surface area contributed by atoms with Crippen LogP contribution in [0.4, 0.5) is 4.39 Å². The second-order valence-electron chi connectivity index (χ2n) is 6.34. The molecule has 0 aliphatic carbocycles. The van der Waals surface area contributed by atoms with Gasteiger partial charge in [-0.3, -0.25) is 0 Å². The molecule has 2 aromatic rings. The quantitative estimate of drug-likeness (QED) is 0.859. The summed E-state index contributed by atoms with van der Waals surface area (Å²) in [5.41, 5.74) is 0.767. The summed E-state index contributed by atoms with van der Waals surface area (Å²) in [6.45, 7) is 8.49. The van der Waals surface area contributed by atoms with Crippen LogP contribution in [0.3, 0.4) is 0 Å². The van der Waals surface area contributed by atoms with E-state index < -0.39 is 0 Å². The van der Waals surface area contributed by atoms with Crippen molar-refractivity contribution < 1.29 is 23.6 Å². The normalized spacial score (nSPS) is 24.2. The highest BCUT2D eigenvalue weighted by molar-refractivity contribution is 7.21. The Labute approximate surface area is 145 Å². The highest BCUT2D eigenvalue weighted by Gasteiger charge is 2.30. The van der Waals surface area contributed by atoms with Crippen LogP contribution in [0, 0.1) is 5.82 Å². The van der Waals surface area contributed by atoms with Crippen molar-refractivity contribution >= 4 is 27.4 Å². The number of halogens is 1. The van der Waals surface area contributed by atoms with Crippen molar-refractivity contribution in [1.82, 2.24) is 0 Å². The molecule has 24 heavy (non-hydrogen) atoms. The van der Waals surface area contributed by atoms with Crippen molar-refractivity contribution in [3.05, 3.63) is 34.5 Å². The molecule has 0 radical (unpaired) electrons. The van der Waals surface area contributed by atoms with Gasteiger partial charge in [0.15, 0.2) is 0 Å². The lowest BCUT2D eigenvalue weighted by Gasteiger charge is -2.32. The van der Waals surface area contributed by atoms with Crippen molar-refractivity contribution in [2.75, 3.05) is 19.7 Å². The lowest BCUT2D eigenvalue weighted by atomic mass is 10.1. The van der Waals surface area contributed by atoms with Crippen LogP contribution in [0.2, 0.25) is 0 Å². The standard InChI is InChI=1S/C18H22FNO3S/c1-4-22-18(21)17-13(10-20-8-11(2)23-12(3)9-20)16-14(19)6-5-7-15(16)24-17/h5-7,11-12H,4,8-10H2,1-3H3/p+1/t11-,12+. The minimum Gasteiger partial charge on any atom is -0.462 e. The molecule has 1 unspecified atom stereocenters. The third kappa shape index (κ3) is 3.45. The molecule has 1 aromatic carbocycles. The summed E-state index contributed by atoms with van der Waals surface area (Å²) in [7, 11) is 0. The fourth-order valence-corrected chi connectivity index (χ4v) is 4.61. The lowest BCUT2D eigenvalue weighted by molar-refractivity contribution is -0.928. The smallest absolute Gasteiger partial charge is 0.348 e. The fraction of sp³-hybridized carbons (Fsp3) is 0.500. The average molecular weight is 352 g/mol. The second-order valence-corrected chi connectivity index (χ2v) is 7.39. The summed E-state index contributed by atoms with van der Waals surface area (Å²) in [6.07, 6.45) is 0.314. The van der Waals surface area contributed by atoms with Crippen LogP contribution in [0.1, 0.15) is 36.0 Å². The molecule has 0 saturated carbocycles. The van der Waals surface area contributed by atoms with Crippen molar-refractivity contribution in [3.63, 3.8) is 0 Å². The molecule has 0 amide bonds. The minimum atomic E-state index is -0.359. The van der Waals surface area contributed by atoms with Gasteiger partial charge < -0.3 is 14.4 Å². The highest BCUT2D eigenvalue weighted by atomic mass is 32.1. The number of hydrogen-bond acceptors (Lipinski definition) is 4. The topological polar surface area (TPSA) is 40.0 Å². The van der Waals surface area contributed by atoms with Crippen molar-refractivity contribution in [2.24, 2.45) is 0 Å². The van der Waals surface area contributed by atoms with Crippen LogP contribution in [0.5, 0.6) is 0 Å². The van der Waals surface area contributed by atoms with Crippen LogP contribution in [-0.4, -0.2) is 37.9 Å². The van der Waals surface area contributed by atoms with Crippen LogP contribution < -0.4 is 4.90 Å². The Kier molecular flexibility index (Phi) is 5.18. The first-order valence-corrected chi connectivity index (χ1v) is 9.17. The summed E-state index contributed by atoms with van der Waals surface area (Å²) >= 11 is 1.32. The largest absolute Gasteiger partial charge is 0.462 e. The van der Waals surface area contributed by atoms with Crippen LogP contribution in [-0.2, 0) is 16.0 Å². The maximum absolute atomic E-state index is 14.4. The molecule has 1 aliphatic heterocycles. The van der Waals surface area contributed by atoms with Crippen LogP contribution in [0.25, 0.3) is 10.1 Å². The van der Waals surface area contributed by atoms with Crippen molar-refractivity contribution in [3.8, 4) is 0 Å². The van der Waals surface area contributed by atoms with E-state index in [2.05, 4.69) is 0 Å². The van der Waals surface area contributed by atoms with Gasteiger partial charge in [0.1, 0.15) is 42.5 Å². The molecule has 1 fully saturated rings. The molecule has 0 spiro atoms. The van der Waals surface area contributed by atoms with E-state index >= 15 is 0 Å². The number of fused-ring (bicyclic) bond motifs is 1. The Hall–Kier alpha value is -1.50. The Bertz CT molecular complexity index is 735. The summed E-state index contributed by atoms with van der Waals surface area (Å²) in [5.74, 6) is -0.634. The van der Waals surface area contributed by atoms with Crippen molar-refractivity contribution in [2.45, 2.75) is 39.5 Å². The van der Waals surface area contributed by atoms with E-state index in [1.807, 2.05) is 19.9 Å². The molecule has 2 heterocycles. The molecule has 130 valence electrons. The first-order valence-electron chi connectivity index (χ1n) is 8.35. The zero-order valence-electron chi connectivity index (χ0n) is 14.2. The van der Waals surface area contributed by atoms with Gasteiger partial charge in [0.25, 0.3) is 0 Å². The second kappa shape index (κ2) is 7.17. The lowest BCUT2D eigenvalue weighted by Crippen LogP contribution is -3.14. The first-order chi connectivity index (χ1) is 11.5. The van der Waals surface area contributed by atoms with Gasteiger partial charge in [-0.25, -0.2) is 9.18 Å². The number of morpholine rings is 1. The SMILES string of the molecule is CCOC(=O)c1sc2cccc(F)c2c1C[NH+]1C[C@@H](C)O[C@@H](C)C1. The molecule has 1 aromatic heterocycles. The molecule has 0 bridgehead atoms. The molecule has 4 nitrogen and oxygen atoms in total. The molecule has 1 aliphatic rings. The number of benzene rings is 1. The molecular weight excluding hydrogens is 329 g/mol. The van der Waals surface area contributed by atoms with E-state index in [0.717, 1.165) is 23.4 Å². The fourth-order valence-electron chi connectivity index (χ4n) is 3.48. The Morgan fingerprint density at radius 1 is 1.38 bits per heavy atom.